The first kappa shape index (κ1) is 12.4. The zero-order valence-electron chi connectivity index (χ0n) is 11.2. The number of piperidine rings is 1. The van der Waals surface area contributed by atoms with E-state index in [1.54, 1.807) is 0 Å². The van der Waals surface area contributed by atoms with Gasteiger partial charge in [-0.25, -0.2) is 4.98 Å². The first-order valence-corrected chi connectivity index (χ1v) is 6.65. The molecule has 0 spiro atoms. The summed E-state index contributed by atoms with van der Waals surface area (Å²) in [5, 5.41) is 3.50. The van der Waals surface area contributed by atoms with Crippen molar-refractivity contribution in [3.8, 4) is 0 Å². The molecule has 1 atom stereocenters. The van der Waals surface area contributed by atoms with Crippen LogP contribution in [0.3, 0.4) is 0 Å². The van der Waals surface area contributed by atoms with Crippen molar-refractivity contribution in [2.45, 2.75) is 33.2 Å². The summed E-state index contributed by atoms with van der Waals surface area (Å²) in [7, 11) is 2.21. The molecule has 0 aromatic carbocycles. The van der Waals surface area contributed by atoms with Crippen LogP contribution in [0.15, 0.2) is 6.20 Å². The lowest BCUT2D eigenvalue weighted by Gasteiger charge is -2.29. The number of hydrogen-bond donors (Lipinski definition) is 1. The lowest BCUT2D eigenvalue weighted by Crippen LogP contribution is -2.35. The molecule has 2 rings (SSSR count). The van der Waals surface area contributed by atoms with Crippen molar-refractivity contribution in [1.29, 1.82) is 0 Å². The second-order valence-electron chi connectivity index (χ2n) is 5.14. The molecule has 4 nitrogen and oxygen atoms in total. The van der Waals surface area contributed by atoms with Gasteiger partial charge in [0.1, 0.15) is 0 Å². The number of nitrogens with one attached hydrogen (secondary N) is 1. The predicted octanol–water partition coefficient (Wildman–Crippen LogP) is 1.97. The molecule has 96 valence electrons. The summed E-state index contributed by atoms with van der Waals surface area (Å²) in [6.45, 7) is 8.68. The number of anilines is 1. The second-order valence-corrected chi connectivity index (χ2v) is 5.14. The average molecular weight is 236 g/mol. The van der Waals surface area contributed by atoms with E-state index < -0.39 is 0 Å². The third-order valence-corrected chi connectivity index (χ3v) is 3.51. The quantitative estimate of drug-likeness (QED) is 0.867. The van der Waals surface area contributed by atoms with Crippen LogP contribution < -0.4 is 5.32 Å². The van der Waals surface area contributed by atoms with Crippen molar-refractivity contribution in [2.75, 3.05) is 32.0 Å². The summed E-state index contributed by atoms with van der Waals surface area (Å²) < 4.78 is 2.18. The molecule has 1 saturated heterocycles. The van der Waals surface area contributed by atoms with Crippen LogP contribution in [-0.4, -0.2) is 41.1 Å². The minimum atomic E-state index is 0.760. The van der Waals surface area contributed by atoms with E-state index in [4.69, 9.17) is 0 Å². The molecule has 1 unspecified atom stereocenters. The zero-order chi connectivity index (χ0) is 12.3. The van der Waals surface area contributed by atoms with Crippen LogP contribution >= 0.6 is 0 Å². The maximum absolute atomic E-state index is 4.52. The van der Waals surface area contributed by atoms with E-state index in [0.29, 0.717) is 0 Å². The molecule has 0 radical (unpaired) electrons. The van der Waals surface area contributed by atoms with Gasteiger partial charge in [0.2, 0.25) is 5.95 Å². The van der Waals surface area contributed by atoms with E-state index in [-0.39, 0.29) is 0 Å². The van der Waals surface area contributed by atoms with Crippen LogP contribution in [0.5, 0.6) is 0 Å². The second kappa shape index (κ2) is 5.54. The first-order valence-electron chi connectivity index (χ1n) is 6.65. The van der Waals surface area contributed by atoms with E-state index in [1.807, 2.05) is 6.92 Å². The van der Waals surface area contributed by atoms with E-state index in [2.05, 4.69) is 39.9 Å². The number of nitrogens with zero attached hydrogens (tertiary/aromatic N) is 3. The highest BCUT2D eigenvalue weighted by Crippen LogP contribution is 2.16. The van der Waals surface area contributed by atoms with E-state index >= 15 is 0 Å². The summed E-state index contributed by atoms with van der Waals surface area (Å²) >= 11 is 0. The minimum Gasteiger partial charge on any atom is -0.355 e. The maximum atomic E-state index is 4.52. The van der Waals surface area contributed by atoms with Crippen molar-refractivity contribution < 1.29 is 0 Å². The molecule has 0 aliphatic carbocycles. The zero-order valence-corrected chi connectivity index (χ0v) is 11.2. The van der Waals surface area contributed by atoms with Gasteiger partial charge in [0, 0.05) is 25.8 Å². The number of aromatic nitrogens is 2. The molecule has 0 bridgehead atoms. The number of likely N-dealkylation sites (tertiary alicyclic amines) is 1. The topological polar surface area (TPSA) is 33.1 Å². The summed E-state index contributed by atoms with van der Waals surface area (Å²) in [6.07, 6.45) is 4.77. The largest absolute Gasteiger partial charge is 0.355 e. The Morgan fingerprint density at radius 2 is 2.35 bits per heavy atom. The fraction of sp³-hybridized carbons (Fsp3) is 0.769. The molecule has 0 amide bonds. The van der Waals surface area contributed by atoms with E-state index in [0.717, 1.165) is 30.6 Å². The molecular formula is C13H24N4. The summed E-state index contributed by atoms with van der Waals surface area (Å²) in [5.41, 5.74) is 1.09. The number of hydrogen-bond acceptors (Lipinski definition) is 3. The Kier molecular flexibility index (Phi) is 4.05. The summed E-state index contributed by atoms with van der Waals surface area (Å²) in [5.74, 6) is 1.79. The Labute approximate surface area is 104 Å². The third kappa shape index (κ3) is 3.22. The van der Waals surface area contributed by atoms with Crippen molar-refractivity contribution in [3.63, 3.8) is 0 Å². The molecule has 4 heteroatoms. The van der Waals surface area contributed by atoms with Gasteiger partial charge in [0.25, 0.3) is 0 Å². The molecule has 17 heavy (non-hydrogen) atoms. The summed E-state index contributed by atoms with van der Waals surface area (Å²) in [6, 6.07) is 0. The van der Waals surface area contributed by atoms with Gasteiger partial charge in [-0.15, -0.1) is 0 Å². The molecule has 1 N–H and O–H groups in total. The Hall–Kier alpha value is -1.03. The Morgan fingerprint density at radius 3 is 3.06 bits per heavy atom. The number of imidazole rings is 1. The molecular weight excluding hydrogens is 212 g/mol. The maximum Gasteiger partial charge on any atom is 0.203 e. The molecule has 1 aromatic rings. The van der Waals surface area contributed by atoms with Gasteiger partial charge in [-0.1, -0.05) is 0 Å². The average Bonchev–Trinajstić information content (AvgIpc) is 2.67. The SMILES string of the molecule is CCn1cc(C)nc1NCC1CCCN(C)C1. The summed E-state index contributed by atoms with van der Waals surface area (Å²) in [4.78, 5) is 6.95. The van der Waals surface area contributed by atoms with Crippen LogP contribution in [-0.2, 0) is 6.54 Å². The highest BCUT2D eigenvalue weighted by molar-refractivity contribution is 5.28. The van der Waals surface area contributed by atoms with Crippen LogP contribution in [0, 0.1) is 12.8 Å². The fourth-order valence-electron chi connectivity index (χ4n) is 2.60. The molecule has 2 heterocycles. The van der Waals surface area contributed by atoms with Crippen molar-refractivity contribution >= 4 is 5.95 Å². The minimum absolute atomic E-state index is 0.760. The number of aryl methyl sites for hydroxylation is 2. The molecule has 1 aliphatic heterocycles. The molecule has 1 aliphatic rings. The van der Waals surface area contributed by atoms with Crippen LogP contribution in [0.4, 0.5) is 5.95 Å². The lowest BCUT2D eigenvalue weighted by atomic mass is 9.99. The molecule has 1 fully saturated rings. The van der Waals surface area contributed by atoms with Gasteiger partial charge in [-0.05, 0) is 46.2 Å². The Balaban J connectivity index is 1.88. The van der Waals surface area contributed by atoms with Gasteiger partial charge >= 0.3 is 0 Å². The van der Waals surface area contributed by atoms with E-state index in [1.165, 1.54) is 25.9 Å². The van der Waals surface area contributed by atoms with Crippen LogP contribution in [0.25, 0.3) is 0 Å². The van der Waals surface area contributed by atoms with Gasteiger partial charge in [-0.2, -0.15) is 0 Å². The predicted molar refractivity (Wildman–Crippen MR) is 71.3 cm³/mol. The van der Waals surface area contributed by atoms with Crippen LogP contribution in [0.2, 0.25) is 0 Å². The van der Waals surface area contributed by atoms with Gasteiger partial charge < -0.3 is 14.8 Å². The molecule has 0 saturated carbocycles. The molecule has 1 aromatic heterocycles. The van der Waals surface area contributed by atoms with Gasteiger partial charge in [0.15, 0.2) is 0 Å². The van der Waals surface area contributed by atoms with Crippen LogP contribution in [0.1, 0.15) is 25.5 Å². The normalized spacial score (nSPS) is 21.7. The van der Waals surface area contributed by atoms with Gasteiger partial charge in [0.05, 0.1) is 5.69 Å². The van der Waals surface area contributed by atoms with Crippen molar-refractivity contribution in [1.82, 2.24) is 14.5 Å². The highest BCUT2D eigenvalue weighted by Gasteiger charge is 2.17. The van der Waals surface area contributed by atoms with Crippen molar-refractivity contribution in [3.05, 3.63) is 11.9 Å². The number of rotatable bonds is 4. The highest BCUT2D eigenvalue weighted by atomic mass is 15.2. The van der Waals surface area contributed by atoms with E-state index in [9.17, 15) is 0 Å². The van der Waals surface area contributed by atoms with Crippen molar-refractivity contribution in [2.24, 2.45) is 5.92 Å². The third-order valence-electron chi connectivity index (χ3n) is 3.51. The Bertz CT molecular complexity index is 358. The monoisotopic (exact) mass is 236 g/mol. The standard InChI is InChI=1S/C13H24N4/c1-4-17-9-11(2)15-13(17)14-8-12-6-5-7-16(3)10-12/h9,12H,4-8,10H2,1-3H3,(H,14,15). The fourth-order valence-corrected chi connectivity index (χ4v) is 2.60. The lowest BCUT2D eigenvalue weighted by molar-refractivity contribution is 0.217. The smallest absolute Gasteiger partial charge is 0.203 e. The first-order chi connectivity index (χ1) is 8.19. The Morgan fingerprint density at radius 1 is 1.53 bits per heavy atom. The van der Waals surface area contributed by atoms with Gasteiger partial charge in [-0.3, -0.25) is 0 Å².